The van der Waals surface area contributed by atoms with Crippen LogP contribution in [0.5, 0.6) is 0 Å². The first-order chi connectivity index (χ1) is 19.7. The van der Waals surface area contributed by atoms with Crippen molar-refractivity contribution < 1.29 is 32.3 Å². The van der Waals surface area contributed by atoms with Gasteiger partial charge in [-0.15, -0.1) is 11.8 Å². The van der Waals surface area contributed by atoms with Gasteiger partial charge in [-0.3, -0.25) is 14.5 Å². The zero-order valence-electron chi connectivity index (χ0n) is 21.6. The number of β-lactam (4-membered cyclic amide) rings is 1. The number of alkyl halides is 3. The van der Waals surface area contributed by atoms with Gasteiger partial charge in [0, 0.05) is 11.8 Å². The summed E-state index contributed by atoms with van der Waals surface area (Å²) < 4.78 is 45.2. The molecule has 5 rings (SSSR count). The van der Waals surface area contributed by atoms with Crippen LogP contribution in [0.4, 0.5) is 13.2 Å². The van der Waals surface area contributed by atoms with E-state index in [-0.39, 0.29) is 35.4 Å². The molecule has 0 radical (unpaired) electrons. The standard InChI is InChI=1S/C31H25F3N2O4S/c32-31(33,34)17-16-23-19-41-29-25(35-24(37)18-20-10-4-1-5-11-20)28(38)36(29)26(23)30(39)40-27(21-12-6-2-7-13-21)22-14-8-3-9-15-22/h1-17,25,27,29H,18-19H2,(H,35,37)/t25?,29-/m0/s1. The van der Waals surface area contributed by atoms with Gasteiger partial charge in [-0.2, -0.15) is 13.2 Å². The summed E-state index contributed by atoms with van der Waals surface area (Å²) in [5.74, 6) is -1.89. The van der Waals surface area contributed by atoms with Crippen molar-refractivity contribution in [2.45, 2.75) is 30.1 Å². The number of amides is 2. The lowest BCUT2D eigenvalue weighted by molar-refractivity contribution is -0.154. The number of esters is 1. The molecule has 1 N–H and O–H groups in total. The molecule has 41 heavy (non-hydrogen) atoms. The van der Waals surface area contributed by atoms with E-state index >= 15 is 0 Å². The third-order valence-electron chi connectivity index (χ3n) is 6.62. The lowest BCUT2D eigenvalue weighted by Crippen LogP contribution is -2.70. The molecule has 3 aromatic carbocycles. The average molecular weight is 579 g/mol. The Morgan fingerprint density at radius 1 is 0.951 bits per heavy atom. The number of hydrogen-bond donors (Lipinski definition) is 1. The first-order valence-electron chi connectivity index (χ1n) is 12.8. The normalized spacial score (nSPS) is 18.7. The number of hydrogen-bond acceptors (Lipinski definition) is 5. The number of carbonyl (C=O) groups is 3. The number of benzene rings is 3. The van der Waals surface area contributed by atoms with Crippen LogP contribution in [0.1, 0.15) is 22.8 Å². The van der Waals surface area contributed by atoms with Crippen molar-refractivity contribution in [2.24, 2.45) is 0 Å². The van der Waals surface area contributed by atoms with Gasteiger partial charge in [0.15, 0.2) is 6.10 Å². The SMILES string of the molecule is O=C(Cc1ccccc1)NC1C(=O)N2C(C(=O)OC(c3ccccc3)c3ccccc3)=C(C=CC(F)(F)F)CS[C@@H]12. The van der Waals surface area contributed by atoms with Crippen LogP contribution in [0.3, 0.4) is 0 Å². The first kappa shape index (κ1) is 28.2. The third-order valence-corrected chi connectivity index (χ3v) is 7.92. The summed E-state index contributed by atoms with van der Waals surface area (Å²) in [6, 6.07) is 25.9. The van der Waals surface area contributed by atoms with Crippen LogP contribution in [0, 0.1) is 0 Å². The lowest BCUT2D eigenvalue weighted by Gasteiger charge is -2.49. The van der Waals surface area contributed by atoms with E-state index in [0.717, 1.165) is 16.5 Å². The molecule has 2 amide bonds. The minimum Gasteiger partial charge on any atom is -0.448 e. The van der Waals surface area contributed by atoms with E-state index in [1.807, 2.05) is 18.2 Å². The fourth-order valence-electron chi connectivity index (χ4n) is 4.71. The van der Waals surface area contributed by atoms with E-state index in [4.69, 9.17) is 4.74 Å². The maximum atomic E-state index is 13.7. The number of carbonyl (C=O) groups excluding carboxylic acids is 3. The second-order valence-corrected chi connectivity index (χ2v) is 10.6. The smallest absolute Gasteiger partial charge is 0.409 e. The van der Waals surface area contributed by atoms with Crippen LogP contribution >= 0.6 is 11.8 Å². The van der Waals surface area contributed by atoms with Gasteiger partial charge in [-0.1, -0.05) is 97.1 Å². The summed E-state index contributed by atoms with van der Waals surface area (Å²) in [5, 5.41) is 2.05. The molecule has 1 saturated heterocycles. The van der Waals surface area contributed by atoms with E-state index in [1.165, 1.54) is 11.8 Å². The highest BCUT2D eigenvalue weighted by molar-refractivity contribution is 8.00. The minimum atomic E-state index is -4.62. The van der Waals surface area contributed by atoms with Gasteiger partial charge in [0.25, 0.3) is 5.91 Å². The molecule has 10 heteroatoms. The van der Waals surface area contributed by atoms with Crippen molar-refractivity contribution in [1.29, 1.82) is 0 Å². The molecule has 0 spiro atoms. The number of halogens is 3. The lowest BCUT2D eigenvalue weighted by atomic mass is 10.00. The number of fused-ring (bicyclic) bond motifs is 1. The molecule has 1 fully saturated rings. The summed E-state index contributed by atoms with van der Waals surface area (Å²) >= 11 is 1.17. The molecule has 0 aromatic heterocycles. The van der Waals surface area contributed by atoms with Crippen molar-refractivity contribution in [3.05, 3.63) is 131 Å². The highest BCUT2D eigenvalue weighted by Gasteiger charge is 2.54. The predicted octanol–water partition coefficient (Wildman–Crippen LogP) is 5.33. The van der Waals surface area contributed by atoms with Gasteiger partial charge in [-0.05, 0) is 22.3 Å². The number of ether oxygens (including phenoxy) is 1. The van der Waals surface area contributed by atoms with Crippen molar-refractivity contribution in [3.8, 4) is 0 Å². The maximum absolute atomic E-state index is 13.7. The summed E-state index contributed by atoms with van der Waals surface area (Å²) in [6.45, 7) is 0. The van der Waals surface area contributed by atoms with Gasteiger partial charge in [0.2, 0.25) is 5.91 Å². The quantitative estimate of drug-likeness (QED) is 0.289. The van der Waals surface area contributed by atoms with Gasteiger partial charge < -0.3 is 10.1 Å². The molecule has 1 unspecified atom stereocenters. The van der Waals surface area contributed by atoms with Crippen molar-refractivity contribution in [1.82, 2.24) is 10.2 Å². The monoisotopic (exact) mass is 578 g/mol. The summed E-state index contributed by atoms with van der Waals surface area (Å²) in [5.41, 5.74) is 1.83. The number of rotatable bonds is 8. The fourth-order valence-corrected chi connectivity index (χ4v) is 6.03. The molecule has 2 aliphatic heterocycles. The Balaban J connectivity index is 1.42. The zero-order chi connectivity index (χ0) is 29.0. The topological polar surface area (TPSA) is 75.7 Å². The molecule has 2 atom stereocenters. The van der Waals surface area contributed by atoms with E-state index in [0.29, 0.717) is 11.1 Å². The summed E-state index contributed by atoms with van der Waals surface area (Å²) in [7, 11) is 0. The molecule has 3 aromatic rings. The van der Waals surface area contributed by atoms with E-state index < -0.39 is 35.6 Å². The highest BCUT2D eigenvalue weighted by atomic mass is 32.2. The van der Waals surface area contributed by atoms with Crippen molar-refractivity contribution in [3.63, 3.8) is 0 Å². The Morgan fingerprint density at radius 2 is 1.51 bits per heavy atom. The van der Waals surface area contributed by atoms with Gasteiger partial charge in [0.1, 0.15) is 17.1 Å². The average Bonchev–Trinajstić information content (AvgIpc) is 2.98. The Labute approximate surface area is 238 Å². The molecular formula is C31H25F3N2O4S. The van der Waals surface area contributed by atoms with Gasteiger partial charge >= 0.3 is 12.1 Å². The summed E-state index contributed by atoms with van der Waals surface area (Å²) in [4.78, 5) is 40.8. The number of nitrogens with one attached hydrogen (secondary N) is 1. The summed E-state index contributed by atoms with van der Waals surface area (Å²) in [6.07, 6.45) is -4.59. The second-order valence-electron chi connectivity index (χ2n) is 9.47. The Kier molecular flexibility index (Phi) is 8.30. The van der Waals surface area contributed by atoms with Gasteiger partial charge in [0.05, 0.1) is 6.42 Å². The largest absolute Gasteiger partial charge is 0.448 e. The highest BCUT2D eigenvalue weighted by Crippen LogP contribution is 2.42. The van der Waals surface area contributed by atoms with Crippen LogP contribution in [0.2, 0.25) is 0 Å². The van der Waals surface area contributed by atoms with Crippen LogP contribution in [0.25, 0.3) is 0 Å². The molecule has 0 bridgehead atoms. The van der Waals surface area contributed by atoms with E-state index in [2.05, 4.69) is 5.32 Å². The van der Waals surface area contributed by atoms with Crippen molar-refractivity contribution >= 4 is 29.5 Å². The van der Waals surface area contributed by atoms with E-state index in [9.17, 15) is 27.6 Å². The molecule has 0 saturated carbocycles. The Morgan fingerprint density at radius 3 is 2.07 bits per heavy atom. The molecule has 0 aliphatic carbocycles. The Hall–Kier alpha value is -4.31. The molecule has 6 nitrogen and oxygen atoms in total. The van der Waals surface area contributed by atoms with E-state index in [1.54, 1.807) is 72.8 Å². The minimum absolute atomic E-state index is 0.0101. The van der Waals surface area contributed by atoms with Gasteiger partial charge in [-0.25, -0.2) is 4.79 Å². The third kappa shape index (κ3) is 6.54. The van der Waals surface area contributed by atoms with Crippen molar-refractivity contribution in [2.75, 3.05) is 5.75 Å². The van der Waals surface area contributed by atoms with Crippen LogP contribution in [0.15, 0.2) is 114 Å². The number of thioether (sulfide) groups is 1. The second kappa shape index (κ2) is 12.1. The first-order valence-corrected chi connectivity index (χ1v) is 13.8. The zero-order valence-corrected chi connectivity index (χ0v) is 22.4. The number of allylic oxidation sites excluding steroid dienone is 2. The maximum Gasteiger partial charge on any atom is 0.409 e. The molecule has 2 aliphatic rings. The van der Waals surface area contributed by atoms with Crippen LogP contribution in [-0.4, -0.2) is 46.0 Å². The fraction of sp³-hybridized carbons (Fsp3) is 0.194. The number of nitrogens with zero attached hydrogens (tertiary/aromatic N) is 1. The predicted molar refractivity (Wildman–Crippen MR) is 148 cm³/mol. The Bertz CT molecular complexity index is 1440. The molecule has 2 heterocycles. The molecular weight excluding hydrogens is 553 g/mol. The van der Waals surface area contributed by atoms with Crippen LogP contribution < -0.4 is 5.32 Å². The van der Waals surface area contributed by atoms with Crippen LogP contribution in [-0.2, 0) is 25.5 Å². The molecule has 210 valence electrons.